The van der Waals surface area contributed by atoms with Gasteiger partial charge in [0.05, 0.1) is 11.9 Å². The van der Waals surface area contributed by atoms with Crippen LogP contribution in [0.4, 0.5) is 5.69 Å². The molecule has 2 aromatic carbocycles. The van der Waals surface area contributed by atoms with Crippen molar-refractivity contribution in [2.45, 2.75) is 13.3 Å². The maximum Gasteiger partial charge on any atom is 0.240 e. The number of ether oxygens (including phenoxy) is 1. The molecule has 134 valence electrons. The van der Waals surface area contributed by atoms with E-state index in [0.717, 1.165) is 17.0 Å². The van der Waals surface area contributed by atoms with Gasteiger partial charge in [0, 0.05) is 6.54 Å². The van der Waals surface area contributed by atoms with Gasteiger partial charge in [-0.05, 0) is 30.7 Å². The number of rotatable bonds is 8. The number of nitrogens with zero attached hydrogens (tertiary/aromatic N) is 1. The number of carbonyl (C=O) groups excluding carboxylic acids is 1. The summed E-state index contributed by atoms with van der Waals surface area (Å²) in [6.07, 6.45) is 1.84. The van der Waals surface area contributed by atoms with E-state index in [-0.39, 0.29) is 12.5 Å². The number of hydrogen-bond donors (Lipinski definition) is 1. The molecular formula is C18H22N2O4S. The fraction of sp³-hybridized carbons (Fsp3) is 0.278. The molecule has 1 N–H and O–H groups in total. The molecule has 0 saturated heterocycles. The minimum absolute atomic E-state index is 0.298. The van der Waals surface area contributed by atoms with Crippen LogP contribution in [-0.2, 0) is 14.8 Å². The van der Waals surface area contributed by atoms with Crippen LogP contribution >= 0.6 is 0 Å². The largest absolute Gasteiger partial charge is 0.455 e. The first-order valence-electron chi connectivity index (χ1n) is 7.98. The van der Waals surface area contributed by atoms with Crippen molar-refractivity contribution < 1.29 is 17.9 Å². The average molecular weight is 362 g/mol. The van der Waals surface area contributed by atoms with Gasteiger partial charge < -0.3 is 10.1 Å². The second-order valence-electron chi connectivity index (χ2n) is 5.50. The normalized spacial score (nSPS) is 11.0. The number of anilines is 1. The average Bonchev–Trinajstić information content (AvgIpc) is 2.58. The predicted octanol–water partition coefficient (Wildman–Crippen LogP) is 2.77. The van der Waals surface area contributed by atoms with E-state index in [0.29, 0.717) is 23.7 Å². The number of para-hydroxylation sites is 3. The maximum atomic E-state index is 12.2. The Morgan fingerprint density at radius 3 is 2.36 bits per heavy atom. The fourth-order valence-electron chi connectivity index (χ4n) is 2.20. The Labute approximate surface area is 148 Å². The van der Waals surface area contributed by atoms with Crippen LogP contribution in [0.3, 0.4) is 0 Å². The van der Waals surface area contributed by atoms with E-state index >= 15 is 0 Å². The molecule has 0 spiro atoms. The fourth-order valence-corrected chi connectivity index (χ4v) is 3.06. The Morgan fingerprint density at radius 2 is 1.72 bits per heavy atom. The molecular weight excluding hydrogens is 340 g/mol. The lowest BCUT2D eigenvalue weighted by Gasteiger charge is -2.24. The van der Waals surface area contributed by atoms with Gasteiger partial charge in [0.1, 0.15) is 12.3 Å². The Bertz CT molecular complexity index is 807. The standard InChI is InChI=1S/C18H22N2O4S/c1-3-13-19-18(21)14-20(25(2,22)23)16-11-7-8-12-17(16)24-15-9-5-4-6-10-15/h4-12H,3,13-14H2,1-2H3,(H,19,21). The molecule has 0 aliphatic rings. The van der Waals surface area contributed by atoms with Crippen LogP contribution in [-0.4, -0.2) is 33.7 Å². The molecule has 1 amide bonds. The summed E-state index contributed by atoms with van der Waals surface area (Å²) >= 11 is 0. The summed E-state index contributed by atoms with van der Waals surface area (Å²) in [7, 11) is -3.66. The Morgan fingerprint density at radius 1 is 1.08 bits per heavy atom. The van der Waals surface area contributed by atoms with Crippen molar-refractivity contribution in [3.05, 3.63) is 54.6 Å². The van der Waals surface area contributed by atoms with Gasteiger partial charge in [-0.1, -0.05) is 37.3 Å². The molecule has 0 unspecified atom stereocenters. The highest BCUT2D eigenvalue weighted by Crippen LogP contribution is 2.33. The van der Waals surface area contributed by atoms with Gasteiger partial charge in [-0.15, -0.1) is 0 Å². The van der Waals surface area contributed by atoms with Crippen molar-refractivity contribution in [2.75, 3.05) is 23.7 Å². The van der Waals surface area contributed by atoms with Crippen molar-refractivity contribution in [1.29, 1.82) is 0 Å². The molecule has 0 heterocycles. The zero-order valence-electron chi connectivity index (χ0n) is 14.3. The molecule has 0 saturated carbocycles. The summed E-state index contributed by atoms with van der Waals surface area (Å²) in [5.74, 6) is 0.586. The van der Waals surface area contributed by atoms with Crippen molar-refractivity contribution in [3.63, 3.8) is 0 Å². The van der Waals surface area contributed by atoms with Gasteiger partial charge in [-0.25, -0.2) is 8.42 Å². The highest BCUT2D eigenvalue weighted by molar-refractivity contribution is 7.92. The van der Waals surface area contributed by atoms with Gasteiger partial charge in [-0.2, -0.15) is 0 Å². The summed E-state index contributed by atoms with van der Waals surface area (Å²) in [5.41, 5.74) is 0.320. The van der Waals surface area contributed by atoms with Crippen molar-refractivity contribution >= 4 is 21.6 Å². The zero-order chi connectivity index (χ0) is 18.3. The summed E-state index contributed by atoms with van der Waals surface area (Å²) in [6, 6.07) is 15.8. The molecule has 0 aromatic heterocycles. The minimum Gasteiger partial charge on any atom is -0.455 e. The molecule has 25 heavy (non-hydrogen) atoms. The monoisotopic (exact) mass is 362 g/mol. The first-order chi connectivity index (χ1) is 11.9. The highest BCUT2D eigenvalue weighted by Gasteiger charge is 2.24. The Hall–Kier alpha value is -2.54. The number of hydrogen-bond acceptors (Lipinski definition) is 4. The molecule has 7 heteroatoms. The summed E-state index contributed by atoms with van der Waals surface area (Å²) in [6.45, 7) is 2.13. The lowest BCUT2D eigenvalue weighted by molar-refractivity contribution is -0.119. The quantitative estimate of drug-likeness (QED) is 0.783. The molecule has 2 rings (SSSR count). The molecule has 0 bridgehead atoms. The molecule has 0 atom stereocenters. The van der Waals surface area contributed by atoms with Crippen LogP contribution < -0.4 is 14.4 Å². The second kappa shape index (κ2) is 8.53. The molecule has 2 aromatic rings. The highest BCUT2D eigenvalue weighted by atomic mass is 32.2. The van der Waals surface area contributed by atoms with Gasteiger partial charge in [0.2, 0.25) is 15.9 Å². The SMILES string of the molecule is CCCNC(=O)CN(c1ccccc1Oc1ccccc1)S(C)(=O)=O. The van der Waals surface area contributed by atoms with Gasteiger partial charge in [0.25, 0.3) is 0 Å². The van der Waals surface area contributed by atoms with Crippen molar-refractivity contribution in [3.8, 4) is 11.5 Å². The van der Waals surface area contributed by atoms with Crippen LogP contribution in [0.2, 0.25) is 0 Å². The third-order valence-electron chi connectivity index (χ3n) is 3.36. The Kier molecular flexibility index (Phi) is 6.41. The summed E-state index contributed by atoms with van der Waals surface area (Å²) < 4.78 is 31.3. The van der Waals surface area contributed by atoms with Crippen LogP contribution in [0.25, 0.3) is 0 Å². The molecule has 0 radical (unpaired) electrons. The minimum atomic E-state index is -3.66. The van der Waals surface area contributed by atoms with E-state index in [1.165, 1.54) is 0 Å². The van der Waals surface area contributed by atoms with Crippen molar-refractivity contribution in [1.82, 2.24) is 5.32 Å². The third kappa shape index (κ3) is 5.49. The maximum absolute atomic E-state index is 12.2. The molecule has 0 fully saturated rings. The number of benzene rings is 2. The first kappa shape index (κ1) is 18.8. The summed E-state index contributed by atoms with van der Waals surface area (Å²) in [4.78, 5) is 12.0. The number of carbonyl (C=O) groups is 1. The van der Waals surface area contributed by atoms with E-state index in [1.54, 1.807) is 36.4 Å². The predicted molar refractivity (Wildman–Crippen MR) is 98.4 cm³/mol. The van der Waals surface area contributed by atoms with E-state index in [4.69, 9.17) is 4.74 Å². The van der Waals surface area contributed by atoms with E-state index < -0.39 is 10.0 Å². The zero-order valence-corrected chi connectivity index (χ0v) is 15.1. The molecule has 6 nitrogen and oxygen atoms in total. The third-order valence-corrected chi connectivity index (χ3v) is 4.49. The number of sulfonamides is 1. The van der Waals surface area contributed by atoms with Gasteiger partial charge in [0.15, 0.2) is 5.75 Å². The Balaban J connectivity index is 2.33. The number of amides is 1. The summed E-state index contributed by atoms with van der Waals surface area (Å²) in [5, 5.41) is 2.69. The molecule has 0 aliphatic carbocycles. The first-order valence-corrected chi connectivity index (χ1v) is 9.83. The van der Waals surface area contributed by atoms with E-state index in [9.17, 15) is 13.2 Å². The van der Waals surface area contributed by atoms with E-state index in [1.807, 2.05) is 25.1 Å². The van der Waals surface area contributed by atoms with Gasteiger partial charge >= 0.3 is 0 Å². The van der Waals surface area contributed by atoms with Crippen LogP contribution in [0.15, 0.2) is 54.6 Å². The van der Waals surface area contributed by atoms with Crippen molar-refractivity contribution in [2.24, 2.45) is 0 Å². The smallest absolute Gasteiger partial charge is 0.240 e. The number of nitrogens with one attached hydrogen (secondary N) is 1. The lowest BCUT2D eigenvalue weighted by Crippen LogP contribution is -2.40. The van der Waals surface area contributed by atoms with Gasteiger partial charge in [-0.3, -0.25) is 9.10 Å². The lowest BCUT2D eigenvalue weighted by atomic mass is 10.3. The molecule has 0 aliphatic heterocycles. The second-order valence-corrected chi connectivity index (χ2v) is 7.41. The van der Waals surface area contributed by atoms with Crippen LogP contribution in [0.1, 0.15) is 13.3 Å². The van der Waals surface area contributed by atoms with E-state index in [2.05, 4.69) is 5.32 Å². The van der Waals surface area contributed by atoms with Crippen LogP contribution in [0, 0.1) is 0 Å². The van der Waals surface area contributed by atoms with Crippen LogP contribution in [0.5, 0.6) is 11.5 Å². The topological polar surface area (TPSA) is 75.7 Å².